The van der Waals surface area contributed by atoms with Gasteiger partial charge >= 0.3 is 5.97 Å². The van der Waals surface area contributed by atoms with E-state index in [-0.39, 0.29) is 29.2 Å². The highest BCUT2D eigenvalue weighted by atomic mass is 32.2. The molecule has 2 fully saturated rings. The molecule has 4 amide bonds. The van der Waals surface area contributed by atoms with Crippen LogP contribution in [0, 0.1) is 5.82 Å². The van der Waals surface area contributed by atoms with Crippen molar-refractivity contribution in [3.63, 3.8) is 0 Å². The van der Waals surface area contributed by atoms with Gasteiger partial charge in [-0.25, -0.2) is 14.1 Å². The Kier molecular flexibility index (Phi) is 6.10. The van der Waals surface area contributed by atoms with Gasteiger partial charge in [0.25, 0.3) is 17.1 Å². The zero-order valence-electron chi connectivity index (χ0n) is 17.3. The summed E-state index contributed by atoms with van der Waals surface area (Å²) in [4.78, 5) is 64.6. The third-order valence-corrected chi connectivity index (χ3v) is 5.95. The SMILES string of the molecule is CCOC(=O)c1ccc(N2C(=O)C[C@@H](N3C(=O)S/C(=C\c4ccc(F)cc4)C3=O)C2=O)cc1. The largest absolute Gasteiger partial charge is 0.462 e. The van der Waals surface area contributed by atoms with E-state index in [2.05, 4.69) is 0 Å². The molecule has 8 nitrogen and oxygen atoms in total. The normalized spacial score (nSPS) is 19.7. The Bertz CT molecular complexity index is 1190. The lowest BCUT2D eigenvalue weighted by molar-refractivity contribution is -0.130. The number of rotatable bonds is 5. The number of amides is 4. The van der Waals surface area contributed by atoms with Crippen LogP contribution in [-0.2, 0) is 19.1 Å². The maximum atomic E-state index is 13.1. The second-order valence-corrected chi connectivity index (χ2v) is 8.15. The molecule has 168 valence electrons. The first-order valence-electron chi connectivity index (χ1n) is 9.96. The third-order valence-electron chi connectivity index (χ3n) is 5.06. The molecule has 0 N–H and O–H groups in total. The van der Waals surface area contributed by atoms with Crippen LogP contribution >= 0.6 is 11.8 Å². The molecule has 2 heterocycles. The Morgan fingerprint density at radius 1 is 1.09 bits per heavy atom. The van der Waals surface area contributed by atoms with Crippen LogP contribution in [0.15, 0.2) is 53.4 Å². The average Bonchev–Trinajstić information content (AvgIpc) is 3.23. The van der Waals surface area contributed by atoms with Crippen LogP contribution in [-0.4, -0.2) is 46.5 Å². The molecular weight excluding hydrogens is 451 g/mol. The summed E-state index contributed by atoms with van der Waals surface area (Å²) in [6, 6.07) is 9.78. The van der Waals surface area contributed by atoms with Crippen molar-refractivity contribution < 1.29 is 33.1 Å². The minimum absolute atomic E-state index is 0.0732. The highest BCUT2D eigenvalue weighted by molar-refractivity contribution is 8.18. The first kappa shape index (κ1) is 22.4. The summed E-state index contributed by atoms with van der Waals surface area (Å²) in [6.45, 7) is 1.88. The summed E-state index contributed by atoms with van der Waals surface area (Å²) < 4.78 is 18.0. The number of anilines is 1. The van der Waals surface area contributed by atoms with Crippen molar-refractivity contribution in [1.82, 2.24) is 4.90 Å². The molecule has 0 radical (unpaired) electrons. The zero-order chi connectivity index (χ0) is 23.7. The number of thioether (sulfide) groups is 1. The smallest absolute Gasteiger partial charge is 0.338 e. The molecule has 0 spiro atoms. The van der Waals surface area contributed by atoms with Crippen molar-refractivity contribution in [2.75, 3.05) is 11.5 Å². The standard InChI is InChI=1S/C23H17FN2O6S/c1-2-32-22(30)14-5-9-16(10-6-14)25-19(27)12-17(20(25)28)26-21(29)18(33-23(26)31)11-13-3-7-15(24)8-4-13/h3-11,17H,2,12H2,1H3/b18-11-/t17-/m1/s1. The Hall–Kier alpha value is -3.79. The molecule has 33 heavy (non-hydrogen) atoms. The van der Waals surface area contributed by atoms with Crippen LogP contribution in [0.5, 0.6) is 0 Å². The predicted molar refractivity (Wildman–Crippen MR) is 118 cm³/mol. The van der Waals surface area contributed by atoms with E-state index in [0.717, 1.165) is 9.80 Å². The fraction of sp³-hybridized carbons (Fsp3) is 0.174. The first-order valence-corrected chi connectivity index (χ1v) is 10.8. The monoisotopic (exact) mass is 468 g/mol. The second kappa shape index (κ2) is 8.99. The molecular formula is C23H17FN2O6S. The van der Waals surface area contributed by atoms with E-state index in [0.29, 0.717) is 17.3 Å². The molecule has 0 aromatic heterocycles. The molecule has 1 atom stereocenters. The van der Waals surface area contributed by atoms with Crippen LogP contribution in [0.1, 0.15) is 29.3 Å². The van der Waals surface area contributed by atoms with Crippen molar-refractivity contribution in [2.45, 2.75) is 19.4 Å². The van der Waals surface area contributed by atoms with E-state index >= 15 is 0 Å². The minimum Gasteiger partial charge on any atom is -0.462 e. The number of carbonyl (C=O) groups excluding carboxylic acids is 5. The lowest BCUT2D eigenvalue weighted by Crippen LogP contribution is -2.44. The number of imide groups is 2. The van der Waals surface area contributed by atoms with E-state index in [1.165, 1.54) is 54.6 Å². The van der Waals surface area contributed by atoms with Crippen molar-refractivity contribution in [2.24, 2.45) is 0 Å². The molecule has 10 heteroatoms. The molecule has 2 aliphatic heterocycles. The van der Waals surface area contributed by atoms with Gasteiger partial charge < -0.3 is 4.74 Å². The van der Waals surface area contributed by atoms with E-state index in [9.17, 15) is 28.4 Å². The molecule has 4 rings (SSSR count). The van der Waals surface area contributed by atoms with E-state index in [4.69, 9.17) is 4.74 Å². The minimum atomic E-state index is -1.27. The van der Waals surface area contributed by atoms with Crippen LogP contribution in [0.2, 0.25) is 0 Å². The van der Waals surface area contributed by atoms with Crippen molar-refractivity contribution in [3.8, 4) is 0 Å². The number of benzene rings is 2. The lowest BCUT2D eigenvalue weighted by atomic mass is 10.2. The van der Waals surface area contributed by atoms with Gasteiger partial charge in [0.1, 0.15) is 11.9 Å². The number of halogens is 1. The second-order valence-electron chi connectivity index (χ2n) is 7.16. The number of carbonyl (C=O) groups is 5. The number of hydrogen-bond acceptors (Lipinski definition) is 7. The van der Waals surface area contributed by atoms with Gasteiger partial charge in [-0.05, 0) is 66.7 Å². The topological polar surface area (TPSA) is 101 Å². The zero-order valence-corrected chi connectivity index (χ0v) is 18.1. The average molecular weight is 468 g/mol. The van der Waals surface area contributed by atoms with Crippen LogP contribution in [0.3, 0.4) is 0 Å². The van der Waals surface area contributed by atoms with Gasteiger partial charge in [-0.2, -0.15) is 0 Å². The summed E-state index contributed by atoms with van der Waals surface area (Å²) in [5, 5.41) is -0.668. The molecule has 2 aromatic rings. The van der Waals surface area contributed by atoms with Gasteiger partial charge in [-0.1, -0.05) is 12.1 Å². The van der Waals surface area contributed by atoms with Crippen LogP contribution in [0.25, 0.3) is 6.08 Å². The molecule has 0 bridgehead atoms. The van der Waals surface area contributed by atoms with Gasteiger partial charge in [0.05, 0.1) is 29.2 Å². The van der Waals surface area contributed by atoms with Crippen LogP contribution < -0.4 is 4.90 Å². The Balaban J connectivity index is 1.54. The van der Waals surface area contributed by atoms with E-state index in [1.807, 2.05) is 0 Å². The summed E-state index contributed by atoms with van der Waals surface area (Å²) in [5.74, 6) is -2.96. The van der Waals surface area contributed by atoms with Crippen molar-refractivity contribution in [3.05, 3.63) is 70.4 Å². The molecule has 0 unspecified atom stereocenters. The number of hydrogen-bond donors (Lipinski definition) is 0. The highest BCUT2D eigenvalue weighted by Gasteiger charge is 2.50. The maximum absolute atomic E-state index is 13.1. The van der Waals surface area contributed by atoms with Crippen LogP contribution in [0.4, 0.5) is 14.9 Å². The third kappa shape index (κ3) is 4.29. The number of esters is 1. The number of ether oxygens (including phenoxy) is 1. The predicted octanol–water partition coefficient (Wildman–Crippen LogP) is 3.37. The van der Waals surface area contributed by atoms with Crippen molar-refractivity contribution in [1.29, 1.82) is 0 Å². The van der Waals surface area contributed by atoms with Gasteiger partial charge in [-0.3, -0.25) is 24.1 Å². The van der Waals surface area contributed by atoms with Gasteiger partial charge in [0, 0.05) is 0 Å². The quantitative estimate of drug-likeness (QED) is 0.377. The summed E-state index contributed by atoms with van der Waals surface area (Å²) in [6.07, 6.45) is 1.08. The molecule has 0 aliphatic carbocycles. The lowest BCUT2D eigenvalue weighted by Gasteiger charge is -2.20. The molecule has 2 aliphatic rings. The Morgan fingerprint density at radius 2 is 1.76 bits per heavy atom. The first-order chi connectivity index (χ1) is 15.8. The summed E-state index contributed by atoms with van der Waals surface area (Å²) in [5.41, 5.74) is 0.988. The summed E-state index contributed by atoms with van der Waals surface area (Å²) in [7, 11) is 0. The maximum Gasteiger partial charge on any atom is 0.338 e. The number of nitrogens with zero attached hydrogens (tertiary/aromatic N) is 2. The van der Waals surface area contributed by atoms with Crippen molar-refractivity contribution >= 4 is 52.5 Å². The Morgan fingerprint density at radius 3 is 2.39 bits per heavy atom. The van der Waals surface area contributed by atoms with E-state index in [1.54, 1.807) is 6.92 Å². The molecule has 0 saturated carbocycles. The fourth-order valence-corrected chi connectivity index (χ4v) is 4.39. The fourth-order valence-electron chi connectivity index (χ4n) is 3.51. The summed E-state index contributed by atoms with van der Waals surface area (Å²) >= 11 is 0.649. The van der Waals surface area contributed by atoms with Gasteiger partial charge in [0.15, 0.2) is 0 Å². The van der Waals surface area contributed by atoms with Gasteiger partial charge in [-0.15, -0.1) is 0 Å². The van der Waals surface area contributed by atoms with Gasteiger partial charge in [0.2, 0.25) is 5.91 Å². The molecule has 2 aromatic carbocycles. The molecule has 2 saturated heterocycles. The Labute approximate surface area is 192 Å². The van der Waals surface area contributed by atoms with E-state index < -0.39 is 40.8 Å². The highest BCUT2D eigenvalue weighted by Crippen LogP contribution is 2.37.